The molecule has 2 aliphatic heterocycles. The van der Waals surface area contributed by atoms with Crippen molar-refractivity contribution in [3.8, 4) is 11.3 Å². The molecular formula is C27H33ClN6O. The zero-order chi connectivity index (χ0) is 24.2. The fourth-order valence-corrected chi connectivity index (χ4v) is 5.20. The van der Waals surface area contributed by atoms with E-state index in [2.05, 4.69) is 32.4 Å². The summed E-state index contributed by atoms with van der Waals surface area (Å²) in [6, 6.07) is 16.2. The number of anilines is 1. The largest absolute Gasteiger partial charge is 0.381 e. The van der Waals surface area contributed by atoms with Crippen LogP contribution in [0.5, 0.6) is 0 Å². The fourth-order valence-electron chi connectivity index (χ4n) is 5.07. The smallest absolute Gasteiger partial charge is 0.253 e. The van der Waals surface area contributed by atoms with Gasteiger partial charge in [-0.3, -0.25) is 14.8 Å². The van der Waals surface area contributed by atoms with E-state index >= 15 is 0 Å². The number of hydrogen-bond acceptors (Lipinski definition) is 5. The van der Waals surface area contributed by atoms with Crippen molar-refractivity contribution in [3.05, 3.63) is 70.9 Å². The number of nitrogens with one attached hydrogen (secondary N) is 2. The molecule has 0 spiro atoms. The first-order valence-corrected chi connectivity index (χ1v) is 12.8. The van der Waals surface area contributed by atoms with Gasteiger partial charge in [-0.15, -0.1) is 0 Å². The molecular weight excluding hydrogens is 460 g/mol. The number of carbonyl (C=O) groups is 1. The minimum Gasteiger partial charge on any atom is -0.381 e. The Morgan fingerprint density at radius 2 is 1.69 bits per heavy atom. The van der Waals surface area contributed by atoms with Gasteiger partial charge in [-0.2, -0.15) is 5.10 Å². The van der Waals surface area contributed by atoms with Gasteiger partial charge in [0.25, 0.3) is 5.91 Å². The average Bonchev–Trinajstić information content (AvgIpc) is 3.37. The van der Waals surface area contributed by atoms with Gasteiger partial charge in [0, 0.05) is 60.6 Å². The van der Waals surface area contributed by atoms with Gasteiger partial charge in [-0.25, -0.2) is 0 Å². The zero-order valence-electron chi connectivity index (χ0n) is 20.2. The average molecular weight is 493 g/mol. The van der Waals surface area contributed by atoms with Crippen LogP contribution < -0.4 is 5.32 Å². The molecule has 0 saturated carbocycles. The zero-order valence-corrected chi connectivity index (χ0v) is 21.0. The third kappa shape index (κ3) is 5.69. The van der Waals surface area contributed by atoms with Crippen LogP contribution in [0.2, 0.25) is 5.02 Å². The number of carbonyl (C=O) groups excluding carboxylic acids is 1. The Hall–Kier alpha value is -2.87. The Labute approximate surface area is 212 Å². The van der Waals surface area contributed by atoms with Gasteiger partial charge in [0.1, 0.15) is 0 Å². The number of hydrogen-bond donors (Lipinski definition) is 2. The molecule has 1 aromatic heterocycles. The summed E-state index contributed by atoms with van der Waals surface area (Å²) < 4.78 is 0. The number of amides is 1. The number of nitrogens with zero attached hydrogens (tertiary/aromatic N) is 4. The van der Waals surface area contributed by atoms with Gasteiger partial charge in [-0.1, -0.05) is 23.7 Å². The standard InChI is InChI=1S/C27H33ClN6O/c1-32-12-10-25(11-13-32)33-14-16-34(17-15-33)27(35)21-4-8-24(9-5-21)29-18-22-19-30-31-26(22)20-2-6-23(28)7-3-20/h2-9,19,25,29H,10-18H2,1H3,(H,30,31). The van der Waals surface area contributed by atoms with Crippen molar-refractivity contribution in [3.63, 3.8) is 0 Å². The SMILES string of the molecule is CN1CCC(N2CCN(C(=O)c3ccc(NCc4cn[nH]c4-c4ccc(Cl)cc4)cc3)CC2)CC1. The number of benzene rings is 2. The molecule has 2 aliphatic rings. The topological polar surface area (TPSA) is 67.5 Å². The number of halogens is 1. The van der Waals surface area contributed by atoms with Gasteiger partial charge in [-0.05, 0) is 74.9 Å². The van der Waals surface area contributed by atoms with Crippen LogP contribution in [-0.2, 0) is 6.54 Å². The van der Waals surface area contributed by atoms with Crippen LogP contribution in [0.25, 0.3) is 11.3 Å². The number of piperidine rings is 1. The van der Waals surface area contributed by atoms with E-state index in [0.29, 0.717) is 17.6 Å². The highest BCUT2D eigenvalue weighted by Gasteiger charge is 2.28. The summed E-state index contributed by atoms with van der Waals surface area (Å²) in [4.78, 5) is 20.0. The van der Waals surface area contributed by atoms with Gasteiger partial charge >= 0.3 is 0 Å². The predicted molar refractivity (Wildman–Crippen MR) is 141 cm³/mol. The van der Waals surface area contributed by atoms with Crippen molar-refractivity contribution in [1.82, 2.24) is 24.9 Å². The second-order valence-corrected chi connectivity index (χ2v) is 10.0. The Balaban J connectivity index is 1.13. The van der Waals surface area contributed by atoms with Crippen LogP contribution in [0.15, 0.2) is 54.7 Å². The summed E-state index contributed by atoms with van der Waals surface area (Å²) in [5, 5.41) is 11.4. The molecule has 0 atom stereocenters. The van der Waals surface area contributed by atoms with E-state index < -0.39 is 0 Å². The van der Waals surface area contributed by atoms with E-state index in [-0.39, 0.29) is 5.91 Å². The molecule has 184 valence electrons. The minimum atomic E-state index is 0.124. The fraction of sp³-hybridized carbons (Fsp3) is 0.407. The van der Waals surface area contributed by atoms with Crippen LogP contribution in [0, 0.1) is 0 Å². The molecule has 35 heavy (non-hydrogen) atoms. The first-order valence-electron chi connectivity index (χ1n) is 12.4. The second-order valence-electron chi connectivity index (χ2n) is 9.57. The molecule has 1 amide bonds. The molecule has 3 heterocycles. The predicted octanol–water partition coefficient (Wildman–Crippen LogP) is 4.19. The van der Waals surface area contributed by atoms with E-state index in [1.807, 2.05) is 59.6 Å². The maximum Gasteiger partial charge on any atom is 0.253 e. The van der Waals surface area contributed by atoms with E-state index in [9.17, 15) is 4.79 Å². The molecule has 2 fully saturated rings. The molecule has 0 bridgehead atoms. The molecule has 2 saturated heterocycles. The molecule has 2 aromatic carbocycles. The molecule has 7 nitrogen and oxygen atoms in total. The number of rotatable bonds is 6. The van der Waals surface area contributed by atoms with Crippen LogP contribution in [0.3, 0.4) is 0 Å². The monoisotopic (exact) mass is 492 g/mol. The lowest BCUT2D eigenvalue weighted by Gasteiger charge is -2.42. The molecule has 0 radical (unpaired) electrons. The van der Waals surface area contributed by atoms with Crippen molar-refractivity contribution >= 4 is 23.2 Å². The highest BCUT2D eigenvalue weighted by molar-refractivity contribution is 6.30. The third-order valence-corrected chi connectivity index (χ3v) is 7.52. The maximum atomic E-state index is 13.1. The van der Waals surface area contributed by atoms with Crippen molar-refractivity contribution in [2.45, 2.75) is 25.4 Å². The van der Waals surface area contributed by atoms with Gasteiger partial charge < -0.3 is 15.1 Å². The number of aromatic nitrogens is 2. The second kappa shape index (κ2) is 10.8. The minimum absolute atomic E-state index is 0.124. The van der Waals surface area contributed by atoms with Gasteiger partial charge in [0.05, 0.1) is 11.9 Å². The Morgan fingerprint density at radius 3 is 2.37 bits per heavy atom. The Kier molecular flexibility index (Phi) is 7.37. The van der Waals surface area contributed by atoms with Gasteiger partial charge in [0.15, 0.2) is 0 Å². The molecule has 2 N–H and O–H groups in total. The highest BCUT2D eigenvalue weighted by Crippen LogP contribution is 2.24. The normalized spacial score (nSPS) is 18.1. The van der Waals surface area contributed by atoms with Gasteiger partial charge in [0.2, 0.25) is 0 Å². The Bertz CT molecular complexity index is 1110. The summed E-state index contributed by atoms with van der Waals surface area (Å²) in [5.74, 6) is 0.124. The summed E-state index contributed by atoms with van der Waals surface area (Å²) in [5.41, 5.74) is 4.79. The summed E-state index contributed by atoms with van der Waals surface area (Å²) in [6.07, 6.45) is 4.30. The van der Waals surface area contributed by atoms with E-state index in [1.165, 1.54) is 25.9 Å². The van der Waals surface area contributed by atoms with E-state index in [4.69, 9.17) is 11.6 Å². The third-order valence-electron chi connectivity index (χ3n) is 7.27. The molecule has 8 heteroatoms. The first kappa shape index (κ1) is 23.9. The van der Waals surface area contributed by atoms with Crippen LogP contribution in [0.4, 0.5) is 5.69 Å². The van der Waals surface area contributed by atoms with Crippen LogP contribution in [-0.4, -0.2) is 83.2 Å². The first-order chi connectivity index (χ1) is 17.1. The summed E-state index contributed by atoms with van der Waals surface area (Å²) >= 11 is 6.01. The van der Waals surface area contributed by atoms with E-state index in [1.54, 1.807) is 0 Å². The van der Waals surface area contributed by atoms with Crippen molar-refractivity contribution < 1.29 is 4.79 Å². The number of piperazine rings is 1. The van der Waals surface area contributed by atoms with Crippen molar-refractivity contribution in [2.24, 2.45) is 0 Å². The van der Waals surface area contributed by atoms with E-state index in [0.717, 1.165) is 54.3 Å². The van der Waals surface area contributed by atoms with Crippen LogP contribution in [0.1, 0.15) is 28.8 Å². The number of aromatic amines is 1. The lowest BCUT2D eigenvalue weighted by Crippen LogP contribution is -2.54. The highest BCUT2D eigenvalue weighted by atomic mass is 35.5. The lowest BCUT2D eigenvalue weighted by atomic mass is 10.0. The Morgan fingerprint density at radius 1 is 1.00 bits per heavy atom. The van der Waals surface area contributed by atoms with Crippen LogP contribution >= 0.6 is 11.6 Å². The molecule has 3 aromatic rings. The molecule has 0 unspecified atom stereocenters. The van der Waals surface area contributed by atoms with Crippen molar-refractivity contribution in [1.29, 1.82) is 0 Å². The maximum absolute atomic E-state index is 13.1. The lowest BCUT2D eigenvalue weighted by molar-refractivity contribution is 0.0475. The molecule has 5 rings (SSSR count). The number of H-pyrrole nitrogens is 1. The summed E-state index contributed by atoms with van der Waals surface area (Å²) in [7, 11) is 2.20. The summed E-state index contributed by atoms with van der Waals surface area (Å²) in [6.45, 7) is 6.53. The number of likely N-dealkylation sites (tertiary alicyclic amines) is 1. The molecule has 0 aliphatic carbocycles. The van der Waals surface area contributed by atoms with Crippen molar-refractivity contribution in [2.75, 3.05) is 51.6 Å². The quantitative estimate of drug-likeness (QED) is 0.540.